The van der Waals surface area contributed by atoms with E-state index in [9.17, 15) is 4.79 Å². The second kappa shape index (κ2) is 6.90. The molecule has 0 aliphatic heterocycles. The lowest BCUT2D eigenvalue weighted by Gasteiger charge is -2.43. The number of esters is 1. The topological polar surface area (TPSA) is 41.6 Å². The van der Waals surface area contributed by atoms with Gasteiger partial charge >= 0.3 is 5.97 Å². The van der Waals surface area contributed by atoms with Gasteiger partial charge < -0.3 is 15.0 Å². The molecule has 2 saturated carbocycles. The zero-order valence-electron chi connectivity index (χ0n) is 13.3. The van der Waals surface area contributed by atoms with Gasteiger partial charge in [-0.05, 0) is 59.5 Å². The summed E-state index contributed by atoms with van der Waals surface area (Å²) in [6.07, 6.45) is 9.44. The zero-order chi connectivity index (χ0) is 14.6. The Morgan fingerprint density at radius 2 is 1.90 bits per heavy atom. The first kappa shape index (κ1) is 15.8. The molecule has 0 aromatic heterocycles. The molecule has 0 spiro atoms. The van der Waals surface area contributed by atoms with E-state index >= 15 is 0 Å². The molecule has 0 radical (unpaired) electrons. The van der Waals surface area contributed by atoms with Crippen molar-refractivity contribution in [3.8, 4) is 0 Å². The van der Waals surface area contributed by atoms with Gasteiger partial charge in [-0.1, -0.05) is 12.8 Å². The number of nitrogens with zero attached hydrogens (tertiary/aromatic N) is 1. The van der Waals surface area contributed by atoms with Crippen molar-refractivity contribution < 1.29 is 9.53 Å². The second-order valence-electron chi connectivity index (χ2n) is 6.41. The second-order valence-corrected chi connectivity index (χ2v) is 6.41. The van der Waals surface area contributed by atoms with Crippen LogP contribution >= 0.6 is 0 Å². The van der Waals surface area contributed by atoms with Crippen molar-refractivity contribution >= 4 is 5.97 Å². The molecule has 2 aliphatic carbocycles. The standard InChI is InChI=1S/C16H30N2O2/c1-4-20-15(19)16(17-2)11-7-10-14(12-16)18(3)13-8-5-6-9-13/h13-14,17H,4-12H2,1-3H3. The molecule has 0 heterocycles. The van der Waals surface area contributed by atoms with Gasteiger partial charge in [0.15, 0.2) is 0 Å². The van der Waals surface area contributed by atoms with E-state index in [1.807, 2.05) is 14.0 Å². The number of hydrogen-bond donors (Lipinski definition) is 1. The minimum atomic E-state index is -0.466. The van der Waals surface area contributed by atoms with Gasteiger partial charge in [0.25, 0.3) is 0 Å². The smallest absolute Gasteiger partial charge is 0.326 e. The molecule has 0 aromatic carbocycles. The molecule has 4 nitrogen and oxygen atoms in total. The van der Waals surface area contributed by atoms with Gasteiger partial charge in [-0.15, -0.1) is 0 Å². The van der Waals surface area contributed by atoms with Crippen LogP contribution in [-0.2, 0) is 9.53 Å². The van der Waals surface area contributed by atoms with E-state index in [2.05, 4.69) is 17.3 Å². The highest BCUT2D eigenvalue weighted by atomic mass is 16.5. The van der Waals surface area contributed by atoms with Crippen LogP contribution in [0, 0.1) is 0 Å². The van der Waals surface area contributed by atoms with Gasteiger partial charge in [0.2, 0.25) is 0 Å². The van der Waals surface area contributed by atoms with Gasteiger partial charge in [0.05, 0.1) is 6.61 Å². The molecule has 1 N–H and O–H groups in total. The Morgan fingerprint density at radius 1 is 1.25 bits per heavy atom. The van der Waals surface area contributed by atoms with Crippen LogP contribution in [0.3, 0.4) is 0 Å². The molecular weight excluding hydrogens is 252 g/mol. The first-order valence-corrected chi connectivity index (χ1v) is 8.21. The number of carbonyl (C=O) groups excluding carboxylic acids is 1. The van der Waals surface area contributed by atoms with Gasteiger partial charge in [0.1, 0.15) is 5.54 Å². The highest BCUT2D eigenvalue weighted by molar-refractivity contribution is 5.81. The lowest BCUT2D eigenvalue weighted by Crippen LogP contribution is -2.58. The fraction of sp³-hybridized carbons (Fsp3) is 0.938. The molecule has 0 amide bonds. The highest BCUT2D eigenvalue weighted by Crippen LogP contribution is 2.34. The van der Waals surface area contributed by atoms with E-state index in [1.54, 1.807) is 0 Å². The molecule has 0 saturated heterocycles. The molecule has 0 aromatic rings. The SMILES string of the molecule is CCOC(=O)C1(NC)CCCC(N(C)C2CCCC2)C1. The average molecular weight is 282 g/mol. The van der Waals surface area contributed by atoms with Crippen molar-refractivity contribution in [3.05, 3.63) is 0 Å². The molecule has 2 fully saturated rings. The van der Waals surface area contributed by atoms with Gasteiger partial charge in [-0.2, -0.15) is 0 Å². The summed E-state index contributed by atoms with van der Waals surface area (Å²) in [5.74, 6) is -0.0629. The van der Waals surface area contributed by atoms with Crippen LogP contribution < -0.4 is 5.32 Å². The van der Waals surface area contributed by atoms with Crippen LogP contribution in [0.25, 0.3) is 0 Å². The number of nitrogens with one attached hydrogen (secondary N) is 1. The first-order valence-electron chi connectivity index (χ1n) is 8.21. The summed E-state index contributed by atoms with van der Waals surface area (Å²) >= 11 is 0. The highest BCUT2D eigenvalue weighted by Gasteiger charge is 2.44. The zero-order valence-corrected chi connectivity index (χ0v) is 13.3. The summed E-state index contributed by atoms with van der Waals surface area (Å²) in [7, 11) is 4.15. The Labute approximate surface area is 123 Å². The molecule has 2 aliphatic rings. The third-order valence-corrected chi connectivity index (χ3v) is 5.35. The molecule has 0 bridgehead atoms. The van der Waals surface area contributed by atoms with Crippen LogP contribution in [0.2, 0.25) is 0 Å². The molecule has 4 heteroatoms. The number of likely N-dealkylation sites (N-methyl/N-ethyl adjacent to an activating group) is 1. The van der Waals surface area contributed by atoms with Crippen molar-refractivity contribution in [2.24, 2.45) is 0 Å². The normalized spacial score (nSPS) is 31.7. The Morgan fingerprint density at radius 3 is 2.50 bits per heavy atom. The number of ether oxygens (including phenoxy) is 1. The number of rotatable bonds is 5. The maximum Gasteiger partial charge on any atom is 0.326 e. The van der Waals surface area contributed by atoms with E-state index in [0.717, 1.165) is 25.3 Å². The van der Waals surface area contributed by atoms with Crippen molar-refractivity contribution in [3.63, 3.8) is 0 Å². The molecule has 20 heavy (non-hydrogen) atoms. The van der Waals surface area contributed by atoms with Crippen LogP contribution in [0.4, 0.5) is 0 Å². The minimum absolute atomic E-state index is 0.0629. The van der Waals surface area contributed by atoms with Gasteiger partial charge in [0, 0.05) is 12.1 Å². The Balaban J connectivity index is 2.03. The summed E-state index contributed by atoms with van der Waals surface area (Å²) in [4.78, 5) is 14.9. The van der Waals surface area contributed by atoms with Crippen LogP contribution in [-0.4, -0.2) is 49.2 Å². The maximum absolute atomic E-state index is 12.3. The van der Waals surface area contributed by atoms with Crippen molar-refractivity contribution in [2.75, 3.05) is 20.7 Å². The van der Waals surface area contributed by atoms with E-state index in [0.29, 0.717) is 12.6 Å². The quantitative estimate of drug-likeness (QED) is 0.786. The van der Waals surface area contributed by atoms with E-state index < -0.39 is 5.54 Å². The summed E-state index contributed by atoms with van der Waals surface area (Å²) in [5, 5.41) is 3.28. The summed E-state index contributed by atoms with van der Waals surface area (Å²) in [5.41, 5.74) is -0.466. The van der Waals surface area contributed by atoms with Crippen molar-refractivity contribution in [2.45, 2.75) is 75.9 Å². The lowest BCUT2D eigenvalue weighted by molar-refractivity contribution is -0.153. The summed E-state index contributed by atoms with van der Waals surface area (Å²) in [6.45, 7) is 2.34. The predicted octanol–water partition coefficient (Wildman–Crippen LogP) is 2.32. The van der Waals surface area contributed by atoms with E-state index in [1.165, 1.54) is 32.1 Å². The fourth-order valence-electron chi connectivity index (χ4n) is 3.99. The molecule has 2 unspecified atom stereocenters. The molecule has 2 atom stereocenters. The molecule has 116 valence electrons. The molecular formula is C16H30N2O2. The van der Waals surface area contributed by atoms with Crippen molar-refractivity contribution in [1.82, 2.24) is 10.2 Å². The number of hydrogen-bond acceptors (Lipinski definition) is 4. The van der Waals surface area contributed by atoms with Gasteiger partial charge in [-0.3, -0.25) is 4.79 Å². The Kier molecular flexibility index (Phi) is 5.44. The van der Waals surface area contributed by atoms with Crippen LogP contribution in [0.1, 0.15) is 58.3 Å². The van der Waals surface area contributed by atoms with E-state index in [-0.39, 0.29) is 5.97 Å². The summed E-state index contributed by atoms with van der Waals surface area (Å²) < 4.78 is 5.31. The first-order chi connectivity index (χ1) is 9.63. The Hall–Kier alpha value is -0.610. The third kappa shape index (κ3) is 3.17. The minimum Gasteiger partial charge on any atom is -0.465 e. The average Bonchev–Trinajstić information content (AvgIpc) is 3.01. The monoisotopic (exact) mass is 282 g/mol. The maximum atomic E-state index is 12.3. The largest absolute Gasteiger partial charge is 0.465 e. The lowest BCUT2D eigenvalue weighted by atomic mass is 9.78. The third-order valence-electron chi connectivity index (χ3n) is 5.35. The van der Waals surface area contributed by atoms with Crippen molar-refractivity contribution in [1.29, 1.82) is 0 Å². The fourth-order valence-corrected chi connectivity index (χ4v) is 3.99. The van der Waals surface area contributed by atoms with Gasteiger partial charge in [-0.25, -0.2) is 0 Å². The Bertz CT molecular complexity index is 328. The van der Waals surface area contributed by atoms with E-state index in [4.69, 9.17) is 4.74 Å². The summed E-state index contributed by atoms with van der Waals surface area (Å²) in [6, 6.07) is 1.22. The predicted molar refractivity (Wildman–Crippen MR) is 80.7 cm³/mol. The van der Waals surface area contributed by atoms with Crippen LogP contribution in [0.15, 0.2) is 0 Å². The molecule has 2 rings (SSSR count). The van der Waals surface area contributed by atoms with Crippen LogP contribution in [0.5, 0.6) is 0 Å². The number of carbonyl (C=O) groups is 1.